The Morgan fingerprint density at radius 2 is 1.86 bits per heavy atom. The normalized spacial score (nSPS) is 12.6. The molecule has 0 fully saturated rings. The summed E-state index contributed by atoms with van der Waals surface area (Å²) in [6, 6.07) is 11.0. The first-order valence-electron chi connectivity index (χ1n) is 9.45. The molecule has 1 amide bonds. The van der Waals surface area contributed by atoms with Gasteiger partial charge in [0.15, 0.2) is 16.6 Å². The van der Waals surface area contributed by atoms with Crippen molar-refractivity contribution >= 4 is 32.6 Å². The molecule has 0 spiro atoms. The number of anilines is 1. The predicted molar refractivity (Wildman–Crippen MR) is 114 cm³/mol. The fraction of sp³-hybridized carbons (Fsp3) is 0.333. The molecule has 0 bridgehead atoms. The number of nitrogens with zero attached hydrogens (tertiary/aromatic N) is 3. The van der Waals surface area contributed by atoms with Gasteiger partial charge in [-0.15, -0.1) is 0 Å². The molecule has 0 saturated carbocycles. The van der Waals surface area contributed by atoms with Crippen LogP contribution in [0.3, 0.4) is 0 Å². The van der Waals surface area contributed by atoms with Crippen molar-refractivity contribution in [2.45, 2.75) is 6.92 Å². The van der Waals surface area contributed by atoms with Crippen molar-refractivity contribution in [2.75, 3.05) is 45.5 Å². The van der Waals surface area contributed by atoms with Crippen LogP contribution in [0.25, 0.3) is 10.2 Å². The van der Waals surface area contributed by atoms with Gasteiger partial charge in [-0.2, -0.15) is 0 Å². The Kier molecular flexibility index (Phi) is 5.55. The van der Waals surface area contributed by atoms with Crippen molar-refractivity contribution in [2.24, 2.45) is 0 Å². The molecule has 2 aromatic carbocycles. The molecule has 8 heteroatoms. The first kappa shape index (κ1) is 19.5. The standard InChI is InChI=1S/C21H23N3O4S/c1-4-26-15-7-5-14(6-8-15)20(25)24(10-9-23(2)3)21-22-16-11-17-18(28-13-27-17)12-19(16)29-21/h5-8,11-12H,4,9-10,13H2,1-3H3. The maximum absolute atomic E-state index is 13.3. The quantitative estimate of drug-likeness (QED) is 0.589. The zero-order chi connectivity index (χ0) is 20.4. The van der Waals surface area contributed by atoms with Crippen molar-refractivity contribution in [1.82, 2.24) is 9.88 Å². The maximum atomic E-state index is 13.3. The van der Waals surface area contributed by atoms with E-state index in [4.69, 9.17) is 19.2 Å². The Labute approximate surface area is 173 Å². The zero-order valence-electron chi connectivity index (χ0n) is 16.7. The Bertz CT molecular complexity index is 976. The number of rotatable bonds is 7. The van der Waals surface area contributed by atoms with Crippen LogP contribution in [0.4, 0.5) is 5.13 Å². The van der Waals surface area contributed by atoms with Gasteiger partial charge in [-0.25, -0.2) is 4.98 Å². The number of carbonyl (C=O) groups is 1. The number of likely N-dealkylation sites (N-methyl/N-ethyl adjacent to an activating group) is 1. The Morgan fingerprint density at radius 1 is 1.14 bits per heavy atom. The van der Waals surface area contributed by atoms with Gasteiger partial charge in [-0.1, -0.05) is 11.3 Å². The summed E-state index contributed by atoms with van der Waals surface area (Å²) in [4.78, 5) is 21.8. The van der Waals surface area contributed by atoms with E-state index in [1.807, 2.05) is 50.2 Å². The molecule has 3 aromatic rings. The number of amides is 1. The van der Waals surface area contributed by atoms with Gasteiger partial charge in [0.05, 0.1) is 16.8 Å². The second kappa shape index (κ2) is 8.26. The van der Waals surface area contributed by atoms with E-state index in [1.165, 1.54) is 11.3 Å². The number of ether oxygens (including phenoxy) is 3. The van der Waals surface area contributed by atoms with Crippen molar-refractivity contribution in [3.8, 4) is 17.2 Å². The molecular formula is C21H23N3O4S. The second-order valence-corrected chi connectivity index (χ2v) is 7.90. The first-order valence-corrected chi connectivity index (χ1v) is 10.3. The van der Waals surface area contributed by atoms with Crippen molar-refractivity contribution < 1.29 is 19.0 Å². The largest absolute Gasteiger partial charge is 0.494 e. The van der Waals surface area contributed by atoms with Gasteiger partial charge in [0.25, 0.3) is 5.91 Å². The number of hydrogen-bond acceptors (Lipinski definition) is 7. The van der Waals surface area contributed by atoms with Gasteiger partial charge in [-0.3, -0.25) is 9.69 Å². The Morgan fingerprint density at radius 3 is 2.55 bits per heavy atom. The van der Waals surface area contributed by atoms with Crippen LogP contribution >= 0.6 is 11.3 Å². The number of aromatic nitrogens is 1. The van der Waals surface area contributed by atoms with E-state index in [2.05, 4.69) is 0 Å². The Hall–Kier alpha value is -2.84. The fourth-order valence-corrected chi connectivity index (χ4v) is 4.02. The van der Waals surface area contributed by atoms with Crippen LogP contribution < -0.4 is 19.1 Å². The van der Waals surface area contributed by atoms with E-state index in [-0.39, 0.29) is 12.7 Å². The molecular weight excluding hydrogens is 390 g/mol. The summed E-state index contributed by atoms with van der Waals surface area (Å²) in [5, 5.41) is 0.657. The van der Waals surface area contributed by atoms with E-state index < -0.39 is 0 Å². The van der Waals surface area contributed by atoms with E-state index in [1.54, 1.807) is 17.0 Å². The average Bonchev–Trinajstić information content (AvgIpc) is 3.32. The van der Waals surface area contributed by atoms with Crippen molar-refractivity contribution in [3.63, 3.8) is 0 Å². The van der Waals surface area contributed by atoms with Crippen LogP contribution in [0, 0.1) is 0 Å². The van der Waals surface area contributed by atoms with E-state index in [0.29, 0.717) is 35.3 Å². The third kappa shape index (κ3) is 4.13. The molecule has 0 unspecified atom stereocenters. The maximum Gasteiger partial charge on any atom is 0.260 e. The lowest BCUT2D eigenvalue weighted by Crippen LogP contribution is -2.36. The summed E-state index contributed by atoms with van der Waals surface area (Å²) in [5.74, 6) is 2.06. The van der Waals surface area contributed by atoms with Crippen molar-refractivity contribution in [1.29, 1.82) is 0 Å². The molecule has 4 rings (SSSR count). The van der Waals surface area contributed by atoms with Crippen LogP contribution in [0.2, 0.25) is 0 Å². The predicted octanol–water partition coefficient (Wildman–Crippen LogP) is 3.63. The van der Waals surface area contributed by atoms with Gasteiger partial charge in [0, 0.05) is 30.8 Å². The molecule has 7 nitrogen and oxygen atoms in total. The number of benzene rings is 2. The van der Waals surface area contributed by atoms with Crippen LogP contribution in [-0.4, -0.2) is 56.4 Å². The highest BCUT2D eigenvalue weighted by atomic mass is 32.1. The molecule has 1 aromatic heterocycles. The molecule has 1 aliphatic heterocycles. The van der Waals surface area contributed by atoms with Gasteiger partial charge in [0.1, 0.15) is 5.75 Å². The first-order chi connectivity index (χ1) is 14.0. The van der Waals surface area contributed by atoms with Gasteiger partial charge >= 0.3 is 0 Å². The number of carbonyl (C=O) groups excluding carboxylic acids is 1. The molecule has 29 heavy (non-hydrogen) atoms. The summed E-state index contributed by atoms with van der Waals surface area (Å²) in [6.45, 7) is 4.00. The molecule has 0 atom stereocenters. The van der Waals surface area contributed by atoms with E-state index in [0.717, 1.165) is 22.5 Å². The Balaban J connectivity index is 1.65. The molecule has 0 N–H and O–H groups in total. The lowest BCUT2D eigenvalue weighted by atomic mass is 10.2. The highest BCUT2D eigenvalue weighted by molar-refractivity contribution is 7.22. The van der Waals surface area contributed by atoms with Crippen LogP contribution in [0.5, 0.6) is 17.2 Å². The SMILES string of the molecule is CCOc1ccc(C(=O)N(CCN(C)C)c2nc3cc4c(cc3s2)OCO4)cc1. The van der Waals surface area contributed by atoms with Crippen LogP contribution in [0.1, 0.15) is 17.3 Å². The van der Waals surface area contributed by atoms with E-state index in [9.17, 15) is 4.79 Å². The summed E-state index contributed by atoms with van der Waals surface area (Å²) in [6.07, 6.45) is 0. The van der Waals surface area contributed by atoms with Gasteiger partial charge in [0.2, 0.25) is 6.79 Å². The smallest absolute Gasteiger partial charge is 0.260 e. The monoisotopic (exact) mass is 413 g/mol. The average molecular weight is 413 g/mol. The third-order valence-electron chi connectivity index (χ3n) is 4.53. The highest BCUT2D eigenvalue weighted by Crippen LogP contribution is 2.40. The molecule has 2 heterocycles. The number of thiazole rings is 1. The molecule has 0 radical (unpaired) electrons. The lowest BCUT2D eigenvalue weighted by Gasteiger charge is -2.22. The van der Waals surface area contributed by atoms with E-state index >= 15 is 0 Å². The summed E-state index contributed by atoms with van der Waals surface area (Å²) >= 11 is 1.47. The summed E-state index contributed by atoms with van der Waals surface area (Å²) in [5.41, 5.74) is 1.39. The van der Waals surface area contributed by atoms with Crippen LogP contribution in [0.15, 0.2) is 36.4 Å². The third-order valence-corrected chi connectivity index (χ3v) is 5.57. The molecule has 152 valence electrons. The summed E-state index contributed by atoms with van der Waals surface area (Å²) in [7, 11) is 3.97. The van der Waals surface area contributed by atoms with Gasteiger partial charge in [-0.05, 0) is 45.3 Å². The summed E-state index contributed by atoms with van der Waals surface area (Å²) < 4.78 is 17.3. The topological polar surface area (TPSA) is 64.1 Å². The minimum atomic E-state index is -0.0889. The fourth-order valence-electron chi connectivity index (χ4n) is 3.02. The lowest BCUT2D eigenvalue weighted by molar-refractivity contribution is 0.0985. The minimum absolute atomic E-state index is 0.0889. The molecule has 0 aliphatic carbocycles. The zero-order valence-corrected chi connectivity index (χ0v) is 17.5. The van der Waals surface area contributed by atoms with Crippen LogP contribution in [-0.2, 0) is 0 Å². The number of hydrogen-bond donors (Lipinski definition) is 0. The minimum Gasteiger partial charge on any atom is -0.494 e. The van der Waals surface area contributed by atoms with Gasteiger partial charge < -0.3 is 19.1 Å². The highest BCUT2D eigenvalue weighted by Gasteiger charge is 2.23. The number of fused-ring (bicyclic) bond motifs is 2. The second-order valence-electron chi connectivity index (χ2n) is 6.89. The van der Waals surface area contributed by atoms with Crippen molar-refractivity contribution in [3.05, 3.63) is 42.0 Å². The molecule has 0 saturated heterocycles. The molecule has 1 aliphatic rings.